The van der Waals surface area contributed by atoms with Gasteiger partial charge in [-0.2, -0.15) is 10.2 Å². The molecule has 2 fully saturated rings. The number of hydrogen-bond acceptors (Lipinski definition) is 5. The van der Waals surface area contributed by atoms with Gasteiger partial charge in [-0.1, -0.05) is 19.8 Å². The summed E-state index contributed by atoms with van der Waals surface area (Å²) in [5, 5.41) is 10.7. The van der Waals surface area contributed by atoms with Gasteiger partial charge in [0.15, 0.2) is 5.82 Å². The zero-order valence-corrected chi connectivity index (χ0v) is 22.0. The molecule has 6 rings (SSSR count). The molecular weight excluding hydrogens is 525 g/mol. The number of hydrogen-bond donors (Lipinski definition) is 3. The minimum absolute atomic E-state index is 0.0567. The Morgan fingerprint density at radius 3 is 2.52 bits per heavy atom. The summed E-state index contributed by atoms with van der Waals surface area (Å²) in [6.07, 6.45) is 6.77. The fourth-order valence-corrected chi connectivity index (χ4v) is 6.11. The molecule has 1 saturated heterocycles. The minimum atomic E-state index is -2.93. The molecule has 4 aromatic rings. The number of fused-ring (bicyclic) bond motifs is 1. The first-order valence-electron chi connectivity index (χ1n) is 13.2. The quantitative estimate of drug-likeness (QED) is 0.331. The molecule has 1 aromatic carbocycles. The number of nitrogens with two attached hydrogens (primary N) is 1. The van der Waals surface area contributed by atoms with Crippen LogP contribution in [0.25, 0.3) is 22.2 Å². The first-order valence-corrected chi connectivity index (χ1v) is 13.2. The van der Waals surface area contributed by atoms with Crippen LogP contribution in [0.15, 0.2) is 24.5 Å². The van der Waals surface area contributed by atoms with Gasteiger partial charge in [-0.3, -0.25) is 19.4 Å². The van der Waals surface area contributed by atoms with Gasteiger partial charge < -0.3 is 15.6 Å². The summed E-state index contributed by atoms with van der Waals surface area (Å²) in [6.45, 7) is 0.819. The van der Waals surface area contributed by atoms with E-state index in [4.69, 9.17) is 5.73 Å². The molecular formula is C27H29F3N8O2. The number of rotatable bonds is 6. The number of nitrogens with one attached hydrogen (secondary N) is 2. The van der Waals surface area contributed by atoms with Gasteiger partial charge in [0, 0.05) is 29.7 Å². The Bertz CT molecular complexity index is 1610. The third-order valence-electron chi connectivity index (χ3n) is 8.25. The number of primary amides is 1. The predicted molar refractivity (Wildman–Crippen MR) is 139 cm³/mol. The van der Waals surface area contributed by atoms with Crippen LogP contribution in [0.1, 0.15) is 70.9 Å². The maximum Gasteiger partial charge on any atom is 0.282 e. The van der Waals surface area contributed by atoms with Gasteiger partial charge >= 0.3 is 0 Å². The molecule has 10 nitrogen and oxygen atoms in total. The maximum absolute atomic E-state index is 16.0. The number of amides is 2. The number of carbonyl (C=O) groups excluding carboxylic acids is 2. The second kappa shape index (κ2) is 9.49. The third-order valence-corrected chi connectivity index (χ3v) is 8.25. The van der Waals surface area contributed by atoms with E-state index in [1.165, 1.54) is 16.9 Å². The number of benzene rings is 1. The van der Waals surface area contributed by atoms with Crippen molar-refractivity contribution in [2.24, 2.45) is 24.6 Å². The molecule has 0 radical (unpaired) electrons. The average molecular weight is 555 g/mol. The van der Waals surface area contributed by atoms with Gasteiger partial charge in [0.05, 0.1) is 31.0 Å². The van der Waals surface area contributed by atoms with E-state index < -0.39 is 36.6 Å². The SMILES string of the molecule is CC1CCC([C@H](c2nc3c(F)c(-c4cn[nH]c4C(=O)N4CC(F)(F)C4)ccc3[nH]2)c2cnn(C)c2C(N)=O)CC1. The summed E-state index contributed by atoms with van der Waals surface area (Å²) in [4.78, 5) is 34.1. The Labute approximate surface area is 227 Å². The van der Waals surface area contributed by atoms with E-state index in [1.807, 2.05) is 0 Å². The Hall–Kier alpha value is -4.16. The van der Waals surface area contributed by atoms with E-state index in [0.717, 1.165) is 30.6 Å². The van der Waals surface area contributed by atoms with Crippen LogP contribution in [0.4, 0.5) is 13.2 Å². The lowest BCUT2D eigenvalue weighted by Crippen LogP contribution is -2.58. The molecule has 3 aromatic heterocycles. The summed E-state index contributed by atoms with van der Waals surface area (Å²) < 4.78 is 44.2. The predicted octanol–water partition coefficient (Wildman–Crippen LogP) is 3.97. The van der Waals surface area contributed by atoms with Gasteiger partial charge in [0.25, 0.3) is 17.7 Å². The molecule has 4 heterocycles. The average Bonchev–Trinajstić information content (AvgIpc) is 3.63. The van der Waals surface area contributed by atoms with Gasteiger partial charge in [-0.25, -0.2) is 18.2 Å². The standard InChI is InChI=1S/C27H29F3N8O2/c1-13-3-5-14(6-4-13)19(17-10-33-37(2)23(17)24(31)39)25-34-18-8-7-15(20(28)22(18)35-25)16-9-32-36-21(16)26(40)38-11-27(29,30)12-38/h7-10,13-14,19H,3-6,11-12H2,1-2H3,(H2,31,39)(H,32,36)(H,34,35)/t13?,14?,19-/m0/s1. The Morgan fingerprint density at radius 2 is 1.85 bits per heavy atom. The molecule has 2 amide bonds. The van der Waals surface area contributed by atoms with Crippen molar-refractivity contribution in [1.29, 1.82) is 0 Å². The number of likely N-dealkylation sites (tertiary alicyclic amines) is 1. The second-order valence-electron chi connectivity index (χ2n) is 11.1. The fourth-order valence-electron chi connectivity index (χ4n) is 6.11. The van der Waals surface area contributed by atoms with E-state index in [0.29, 0.717) is 22.8 Å². The Balaban J connectivity index is 1.41. The van der Waals surface area contributed by atoms with Crippen molar-refractivity contribution < 1.29 is 22.8 Å². The number of H-pyrrole nitrogens is 2. The molecule has 13 heteroatoms. The summed E-state index contributed by atoms with van der Waals surface area (Å²) in [5.41, 5.74) is 7.29. The number of alkyl halides is 2. The number of aryl methyl sites for hydroxylation is 1. The molecule has 40 heavy (non-hydrogen) atoms. The summed E-state index contributed by atoms with van der Waals surface area (Å²) in [7, 11) is 1.65. The zero-order valence-electron chi connectivity index (χ0n) is 22.0. The van der Waals surface area contributed by atoms with Crippen LogP contribution in [0.5, 0.6) is 0 Å². The lowest BCUT2D eigenvalue weighted by atomic mass is 9.73. The summed E-state index contributed by atoms with van der Waals surface area (Å²) in [6, 6.07) is 3.16. The fraction of sp³-hybridized carbons (Fsp3) is 0.444. The zero-order chi connectivity index (χ0) is 28.3. The summed E-state index contributed by atoms with van der Waals surface area (Å²) >= 11 is 0. The normalized spacial score (nSPS) is 21.4. The van der Waals surface area contributed by atoms with E-state index in [9.17, 15) is 18.4 Å². The molecule has 210 valence electrons. The minimum Gasteiger partial charge on any atom is -0.364 e. The van der Waals surface area contributed by atoms with Crippen LogP contribution >= 0.6 is 0 Å². The molecule has 4 N–H and O–H groups in total. The lowest BCUT2D eigenvalue weighted by molar-refractivity contribution is -0.113. The number of aromatic amines is 2. The van der Waals surface area contributed by atoms with Crippen molar-refractivity contribution in [3.8, 4) is 11.1 Å². The molecule has 2 aliphatic rings. The first-order chi connectivity index (χ1) is 19.0. The second-order valence-corrected chi connectivity index (χ2v) is 11.1. The summed E-state index contributed by atoms with van der Waals surface area (Å²) in [5.74, 6) is -4.04. The van der Waals surface area contributed by atoms with Gasteiger partial charge in [-0.15, -0.1) is 0 Å². The van der Waals surface area contributed by atoms with Gasteiger partial charge in [0.2, 0.25) is 0 Å². The van der Waals surface area contributed by atoms with Gasteiger partial charge in [-0.05, 0) is 36.8 Å². The monoisotopic (exact) mass is 554 g/mol. The molecule has 0 spiro atoms. The van der Waals surface area contributed by atoms with Crippen molar-refractivity contribution in [3.05, 3.63) is 53.1 Å². The number of carbonyl (C=O) groups is 2. The number of imidazole rings is 1. The molecule has 0 bridgehead atoms. The van der Waals surface area contributed by atoms with Crippen molar-refractivity contribution >= 4 is 22.8 Å². The van der Waals surface area contributed by atoms with Crippen LogP contribution in [0.2, 0.25) is 0 Å². The van der Waals surface area contributed by atoms with E-state index in [-0.39, 0.29) is 39.9 Å². The highest BCUT2D eigenvalue weighted by molar-refractivity contribution is 6.00. The first kappa shape index (κ1) is 26.1. The van der Waals surface area contributed by atoms with Crippen LogP contribution in [0, 0.1) is 17.7 Å². The Kier molecular flexibility index (Phi) is 6.19. The van der Waals surface area contributed by atoms with E-state index in [1.54, 1.807) is 19.3 Å². The number of halogens is 3. The van der Waals surface area contributed by atoms with Crippen molar-refractivity contribution in [1.82, 2.24) is 34.8 Å². The highest BCUT2D eigenvalue weighted by Gasteiger charge is 2.47. The highest BCUT2D eigenvalue weighted by Crippen LogP contribution is 2.43. The van der Waals surface area contributed by atoms with Crippen molar-refractivity contribution in [2.75, 3.05) is 13.1 Å². The van der Waals surface area contributed by atoms with Gasteiger partial charge in [0.1, 0.15) is 22.7 Å². The molecule has 1 aliphatic heterocycles. The Morgan fingerprint density at radius 1 is 1.12 bits per heavy atom. The molecule has 1 saturated carbocycles. The molecule has 1 aliphatic carbocycles. The topological polar surface area (TPSA) is 139 Å². The van der Waals surface area contributed by atoms with Crippen LogP contribution in [0.3, 0.4) is 0 Å². The molecule has 0 unspecified atom stereocenters. The lowest BCUT2D eigenvalue weighted by Gasteiger charge is -2.38. The van der Waals surface area contributed by atoms with Crippen LogP contribution < -0.4 is 5.73 Å². The largest absolute Gasteiger partial charge is 0.364 e. The van der Waals surface area contributed by atoms with Crippen molar-refractivity contribution in [2.45, 2.75) is 44.4 Å². The van der Waals surface area contributed by atoms with Crippen molar-refractivity contribution in [3.63, 3.8) is 0 Å². The maximum atomic E-state index is 16.0. The van der Waals surface area contributed by atoms with Crippen LogP contribution in [-0.4, -0.2) is 65.7 Å². The number of nitrogens with zero attached hydrogens (tertiary/aromatic N) is 5. The third kappa shape index (κ3) is 4.33. The van der Waals surface area contributed by atoms with E-state index in [2.05, 4.69) is 32.2 Å². The number of aromatic nitrogens is 6. The van der Waals surface area contributed by atoms with Crippen LogP contribution in [-0.2, 0) is 7.05 Å². The molecule has 1 atom stereocenters. The van der Waals surface area contributed by atoms with E-state index >= 15 is 4.39 Å². The highest BCUT2D eigenvalue weighted by atomic mass is 19.3. The smallest absolute Gasteiger partial charge is 0.282 e.